The van der Waals surface area contributed by atoms with Crippen molar-refractivity contribution in [2.24, 2.45) is 0 Å². The molecule has 0 saturated carbocycles. The Bertz CT molecular complexity index is 519. The van der Waals surface area contributed by atoms with Gasteiger partial charge < -0.3 is 10.5 Å². The van der Waals surface area contributed by atoms with Gasteiger partial charge in [-0.3, -0.25) is 4.98 Å². The zero-order chi connectivity index (χ0) is 11.5. The zero-order valence-corrected chi connectivity index (χ0v) is 9.74. The van der Waals surface area contributed by atoms with Crippen LogP contribution in [0.15, 0.2) is 41.1 Å². The lowest BCUT2D eigenvalue weighted by molar-refractivity contribution is 0.439. The van der Waals surface area contributed by atoms with Gasteiger partial charge in [-0.25, -0.2) is 4.39 Å². The molecule has 2 N–H and O–H groups in total. The predicted octanol–water partition coefficient (Wildman–Crippen LogP) is 3.36. The molecule has 0 aliphatic carbocycles. The summed E-state index contributed by atoms with van der Waals surface area (Å²) in [5, 5.41) is 0. The van der Waals surface area contributed by atoms with Crippen LogP contribution in [0, 0.1) is 5.82 Å². The molecule has 0 saturated heterocycles. The van der Waals surface area contributed by atoms with E-state index >= 15 is 0 Å². The Balaban J connectivity index is 2.31. The van der Waals surface area contributed by atoms with Crippen LogP contribution in [0.1, 0.15) is 0 Å². The van der Waals surface area contributed by atoms with E-state index in [2.05, 4.69) is 20.9 Å². The van der Waals surface area contributed by atoms with Crippen molar-refractivity contribution in [1.29, 1.82) is 0 Å². The third-order valence-electron chi connectivity index (χ3n) is 1.91. The van der Waals surface area contributed by atoms with Gasteiger partial charge in [0, 0.05) is 30.2 Å². The average molecular weight is 283 g/mol. The van der Waals surface area contributed by atoms with E-state index in [0.717, 1.165) is 0 Å². The first-order valence-electron chi connectivity index (χ1n) is 4.49. The van der Waals surface area contributed by atoms with E-state index in [1.165, 1.54) is 12.1 Å². The first kappa shape index (κ1) is 10.9. The highest BCUT2D eigenvalue weighted by Crippen LogP contribution is 2.30. The van der Waals surface area contributed by atoms with Gasteiger partial charge in [0.2, 0.25) is 0 Å². The number of pyridine rings is 1. The Kier molecular flexibility index (Phi) is 3.05. The number of nitrogens with zero attached hydrogens (tertiary/aromatic N) is 1. The third-order valence-corrected chi connectivity index (χ3v) is 2.51. The fourth-order valence-electron chi connectivity index (χ4n) is 1.16. The van der Waals surface area contributed by atoms with E-state index in [0.29, 0.717) is 15.9 Å². The number of nitrogen functional groups attached to an aromatic ring is 1. The number of aromatic nitrogens is 1. The number of ether oxygens (including phenoxy) is 1. The van der Waals surface area contributed by atoms with E-state index in [4.69, 9.17) is 10.5 Å². The van der Waals surface area contributed by atoms with E-state index in [1.54, 1.807) is 24.5 Å². The first-order chi connectivity index (χ1) is 7.66. The second-order valence-corrected chi connectivity index (χ2v) is 3.95. The lowest BCUT2D eigenvalue weighted by Gasteiger charge is -2.08. The largest absolute Gasteiger partial charge is 0.453 e. The molecule has 0 fully saturated rings. The van der Waals surface area contributed by atoms with Crippen molar-refractivity contribution in [2.45, 2.75) is 0 Å². The lowest BCUT2D eigenvalue weighted by atomic mass is 10.3. The van der Waals surface area contributed by atoms with E-state index < -0.39 is 5.82 Å². The second kappa shape index (κ2) is 4.49. The predicted molar refractivity (Wildman–Crippen MR) is 62.8 cm³/mol. The average Bonchev–Trinajstić information content (AvgIpc) is 2.25. The third kappa shape index (κ3) is 2.30. The molecule has 0 unspecified atom stereocenters. The van der Waals surface area contributed by atoms with E-state index in [-0.39, 0.29) is 5.75 Å². The molecule has 16 heavy (non-hydrogen) atoms. The molecule has 0 spiro atoms. The number of halogens is 2. The maximum absolute atomic E-state index is 13.4. The normalized spacial score (nSPS) is 10.1. The summed E-state index contributed by atoms with van der Waals surface area (Å²) in [5.74, 6) is 0.128. The van der Waals surface area contributed by atoms with Crippen LogP contribution >= 0.6 is 15.9 Å². The van der Waals surface area contributed by atoms with Gasteiger partial charge in [0.05, 0.1) is 4.47 Å². The Hall–Kier alpha value is -1.62. The van der Waals surface area contributed by atoms with Crippen LogP contribution in [-0.4, -0.2) is 4.98 Å². The molecule has 1 aromatic carbocycles. The number of rotatable bonds is 2. The van der Waals surface area contributed by atoms with Gasteiger partial charge in [0.15, 0.2) is 11.6 Å². The van der Waals surface area contributed by atoms with Gasteiger partial charge in [-0.05, 0) is 28.1 Å². The number of nitrogens with two attached hydrogens (primary N) is 1. The SMILES string of the molecule is Nc1ccc(Oc2ccncc2Br)c(F)c1. The maximum atomic E-state index is 13.4. The zero-order valence-electron chi connectivity index (χ0n) is 8.15. The van der Waals surface area contributed by atoms with Gasteiger partial charge in [-0.15, -0.1) is 0 Å². The molecule has 0 radical (unpaired) electrons. The first-order valence-corrected chi connectivity index (χ1v) is 5.28. The molecule has 0 atom stereocenters. The van der Waals surface area contributed by atoms with Crippen LogP contribution in [0.3, 0.4) is 0 Å². The molecule has 5 heteroatoms. The van der Waals surface area contributed by atoms with Crippen molar-refractivity contribution in [3.63, 3.8) is 0 Å². The standard InChI is InChI=1S/C11H8BrFN2O/c12-8-6-15-4-3-10(8)16-11-2-1-7(14)5-9(11)13/h1-6H,14H2. The fourth-order valence-corrected chi connectivity index (χ4v) is 1.49. The highest BCUT2D eigenvalue weighted by atomic mass is 79.9. The lowest BCUT2D eigenvalue weighted by Crippen LogP contribution is -1.92. The topological polar surface area (TPSA) is 48.1 Å². The highest BCUT2D eigenvalue weighted by Gasteiger charge is 2.07. The minimum Gasteiger partial charge on any atom is -0.453 e. The number of hydrogen-bond acceptors (Lipinski definition) is 3. The van der Waals surface area contributed by atoms with Gasteiger partial charge in [-0.2, -0.15) is 0 Å². The smallest absolute Gasteiger partial charge is 0.167 e. The number of hydrogen-bond donors (Lipinski definition) is 1. The molecular formula is C11H8BrFN2O. The van der Waals surface area contributed by atoms with Crippen molar-refractivity contribution in [3.05, 3.63) is 46.9 Å². The molecule has 2 aromatic rings. The quantitative estimate of drug-likeness (QED) is 0.860. The second-order valence-electron chi connectivity index (χ2n) is 3.10. The molecule has 0 amide bonds. The van der Waals surface area contributed by atoms with Gasteiger partial charge in [-0.1, -0.05) is 0 Å². The molecule has 0 aliphatic heterocycles. The summed E-state index contributed by atoms with van der Waals surface area (Å²) < 4.78 is 19.5. The summed E-state index contributed by atoms with van der Waals surface area (Å²) in [6.45, 7) is 0. The van der Waals surface area contributed by atoms with E-state index in [1.807, 2.05) is 0 Å². The van der Waals surface area contributed by atoms with Crippen molar-refractivity contribution < 1.29 is 9.13 Å². The molecular weight excluding hydrogens is 275 g/mol. The van der Waals surface area contributed by atoms with Gasteiger partial charge in [0.1, 0.15) is 5.75 Å². The summed E-state index contributed by atoms with van der Waals surface area (Å²) in [6, 6.07) is 5.91. The highest BCUT2D eigenvalue weighted by molar-refractivity contribution is 9.10. The molecule has 82 valence electrons. The summed E-state index contributed by atoms with van der Waals surface area (Å²) >= 11 is 3.26. The Morgan fingerprint density at radius 1 is 1.25 bits per heavy atom. The monoisotopic (exact) mass is 282 g/mol. The Morgan fingerprint density at radius 3 is 2.75 bits per heavy atom. The van der Waals surface area contributed by atoms with Crippen molar-refractivity contribution in [2.75, 3.05) is 5.73 Å². The van der Waals surface area contributed by atoms with Crippen LogP contribution in [0.25, 0.3) is 0 Å². The molecule has 2 rings (SSSR count). The summed E-state index contributed by atoms with van der Waals surface area (Å²) in [7, 11) is 0. The van der Waals surface area contributed by atoms with Crippen molar-refractivity contribution in [3.8, 4) is 11.5 Å². The van der Waals surface area contributed by atoms with E-state index in [9.17, 15) is 4.39 Å². The number of anilines is 1. The van der Waals surface area contributed by atoms with Gasteiger partial charge >= 0.3 is 0 Å². The molecule has 0 aliphatic rings. The van der Waals surface area contributed by atoms with Gasteiger partial charge in [0.25, 0.3) is 0 Å². The minimum atomic E-state index is -0.497. The number of benzene rings is 1. The van der Waals surface area contributed by atoms with Crippen molar-refractivity contribution >= 4 is 21.6 Å². The molecule has 3 nitrogen and oxygen atoms in total. The maximum Gasteiger partial charge on any atom is 0.167 e. The van der Waals surface area contributed by atoms with Crippen LogP contribution in [-0.2, 0) is 0 Å². The van der Waals surface area contributed by atoms with Crippen LogP contribution in [0.2, 0.25) is 0 Å². The summed E-state index contributed by atoms with van der Waals surface area (Å²) in [5.41, 5.74) is 5.80. The molecule has 1 heterocycles. The molecule has 1 aromatic heterocycles. The van der Waals surface area contributed by atoms with Crippen LogP contribution in [0.5, 0.6) is 11.5 Å². The van der Waals surface area contributed by atoms with Crippen LogP contribution < -0.4 is 10.5 Å². The van der Waals surface area contributed by atoms with Crippen molar-refractivity contribution in [1.82, 2.24) is 4.98 Å². The summed E-state index contributed by atoms with van der Waals surface area (Å²) in [4.78, 5) is 3.88. The fraction of sp³-hybridized carbons (Fsp3) is 0. The Labute approximate surface area is 100 Å². The Morgan fingerprint density at radius 2 is 2.06 bits per heavy atom. The van der Waals surface area contributed by atoms with Crippen LogP contribution in [0.4, 0.5) is 10.1 Å². The molecule has 0 bridgehead atoms. The minimum absolute atomic E-state index is 0.126. The summed E-state index contributed by atoms with van der Waals surface area (Å²) in [6.07, 6.45) is 3.14.